The van der Waals surface area contributed by atoms with Crippen LogP contribution in [0.1, 0.15) is 149 Å². The van der Waals surface area contributed by atoms with Crippen LogP contribution in [-0.4, -0.2) is 51.6 Å². The molecule has 0 bridgehead atoms. The molecule has 0 fully saturated rings. The monoisotopic (exact) mass is 542 g/mol. The average Bonchev–Trinajstić information content (AvgIpc) is 2.92. The van der Waals surface area contributed by atoms with Gasteiger partial charge in [0.15, 0.2) is 0 Å². The van der Waals surface area contributed by atoms with E-state index in [1.165, 1.54) is 83.5 Å². The first-order chi connectivity index (χ1) is 18.7. The van der Waals surface area contributed by atoms with E-state index in [0.29, 0.717) is 32.8 Å². The molecule has 1 atom stereocenters. The number of ether oxygens (including phenoxy) is 4. The second kappa shape index (κ2) is 30.4. The first kappa shape index (κ1) is 36.9. The van der Waals surface area contributed by atoms with E-state index in [0.717, 1.165) is 38.5 Å². The highest BCUT2D eigenvalue weighted by Crippen LogP contribution is 2.15. The first-order valence-electron chi connectivity index (χ1n) is 16.1. The van der Waals surface area contributed by atoms with Crippen molar-refractivity contribution in [3.05, 3.63) is 0 Å². The van der Waals surface area contributed by atoms with Crippen LogP contribution in [0.2, 0.25) is 0 Å². The number of esters is 2. The van der Waals surface area contributed by atoms with E-state index in [1.54, 1.807) is 0 Å². The van der Waals surface area contributed by atoms with Gasteiger partial charge in [-0.2, -0.15) is 0 Å². The maximum Gasteiger partial charge on any atom is 0.308 e. The van der Waals surface area contributed by atoms with Crippen LogP contribution in [-0.2, 0) is 28.5 Å². The zero-order chi connectivity index (χ0) is 27.9. The second-order valence-electron chi connectivity index (χ2n) is 10.6. The number of hydrogen-bond acceptors (Lipinski definition) is 6. The van der Waals surface area contributed by atoms with Crippen molar-refractivity contribution in [1.29, 1.82) is 0 Å². The van der Waals surface area contributed by atoms with Gasteiger partial charge in [0.2, 0.25) is 0 Å². The van der Waals surface area contributed by atoms with Gasteiger partial charge in [-0.25, -0.2) is 0 Å². The highest BCUT2D eigenvalue weighted by molar-refractivity contribution is 5.72. The molecule has 38 heavy (non-hydrogen) atoms. The lowest BCUT2D eigenvalue weighted by Crippen LogP contribution is -2.20. The molecular weight excluding hydrogens is 480 g/mol. The van der Waals surface area contributed by atoms with Crippen LogP contribution in [0.4, 0.5) is 0 Å². The van der Waals surface area contributed by atoms with Crippen molar-refractivity contribution in [3.63, 3.8) is 0 Å². The predicted octanol–water partition coefficient (Wildman–Crippen LogP) is 8.58. The molecular formula is C32H62O6. The molecule has 0 saturated heterocycles. The van der Waals surface area contributed by atoms with E-state index in [9.17, 15) is 9.59 Å². The van der Waals surface area contributed by atoms with Crippen LogP contribution < -0.4 is 0 Å². The van der Waals surface area contributed by atoms with Gasteiger partial charge in [0, 0.05) is 6.42 Å². The molecule has 0 heterocycles. The Morgan fingerprint density at radius 3 is 1.39 bits per heavy atom. The Labute approximate surface area is 235 Å². The number of unbranched alkanes of at least 4 members (excludes halogenated alkanes) is 15. The lowest BCUT2D eigenvalue weighted by atomic mass is 10.00. The van der Waals surface area contributed by atoms with Gasteiger partial charge in [-0.3, -0.25) is 9.59 Å². The summed E-state index contributed by atoms with van der Waals surface area (Å²) in [5.74, 6) is -0.252. The Morgan fingerprint density at radius 2 is 0.921 bits per heavy atom. The smallest absolute Gasteiger partial charge is 0.308 e. The van der Waals surface area contributed by atoms with E-state index < -0.39 is 0 Å². The lowest BCUT2D eigenvalue weighted by Gasteiger charge is -2.13. The Hall–Kier alpha value is -1.14. The van der Waals surface area contributed by atoms with Gasteiger partial charge in [0.05, 0.1) is 32.3 Å². The van der Waals surface area contributed by atoms with E-state index in [-0.39, 0.29) is 31.1 Å². The van der Waals surface area contributed by atoms with Gasteiger partial charge >= 0.3 is 11.9 Å². The zero-order valence-corrected chi connectivity index (χ0v) is 25.4. The SMILES string of the molecule is CCCCCCCCCCCCCCCCCC(=O)OCCOCCOCCOC(=O)C(CC)CCCC. The van der Waals surface area contributed by atoms with E-state index in [2.05, 4.69) is 13.8 Å². The molecule has 0 aromatic rings. The predicted molar refractivity (Wildman–Crippen MR) is 156 cm³/mol. The Morgan fingerprint density at radius 1 is 0.500 bits per heavy atom. The van der Waals surface area contributed by atoms with Crippen LogP contribution in [0.15, 0.2) is 0 Å². The van der Waals surface area contributed by atoms with Gasteiger partial charge in [0.25, 0.3) is 0 Å². The summed E-state index contributed by atoms with van der Waals surface area (Å²) in [5.41, 5.74) is 0. The molecule has 0 aromatic carbocycles. The summed E-state index contributed by atoms with van der Waals surface area (Å²) in [4.78, 5) is 23.8. The molecule has 226 valence electrons. The van der Waals surface area contributed by atoms with Crippen LogP contribution in [0.5, 0.6) is 0 Å². The normalized spacial score (nSPS) is 12.0. The van der Waals surface area contributed by atoms with Crippen LogP contribution in [0, 0.1) is 5.92 Å². The number of carbonyl (C=O) groups excluding carboxylic acids is 2. The molecule has 0 aliphatic rings. The summed E-state index contributed by atoms with van der Waals surface area (Å²) in [7, 11) is 0. The minimum atomic E-state index is -0.134. The summed E-state index contributed by atoms with van der Waals surface area (Å²) in [6, 6.07) is 0. The fraction of sp³-hybridized carbons (Fsp3) is 0.938. The molecule has 6 heteroatoms. The Balaban J connectivity index is 3.30. The highest BCUT2D eigenvalue weighted by atomic mass is 16.6. The molecule has 0 saturated carbocycles. The Kier molecular flexibility index (Phi) is 29.5. The molecule has 0 aliphatic heterocycles. The molecule has 0 N–H and O–H groups in total. The van der Waals surface area contributed by atoms with Crippen molar-refractivity contribution < 1.29 is 28.5 Å². The van der Waals surface area contributed by atoms with Crippen molar-refractivity contribution in [1.82, 2.24) is 0 Å². The fourth-order valence-corrected chi connectivity index (χ4v) is 4.51. The van der Waals surface area contributed by atoms with Crippen LogP contribution >= 0.6 is 0 Å². The molecule has 0 aromatic heterocycles. The standard InChI is InChI=1S/C32H62O6/c1-4-7-9-10-11-12-13-14-15-16-17-18-19-20-21-23-31(33)37-28-26-35-24-25-36-27-29-38-32(34)30(6-3)22-8-5-2/h30H,4-29H2,1-3H3. The van der Waals surface area contributed by atoms with E-state index in [4.69, 9.17) is 18.9 Å². The van der Waals surface area contributed by atoms with Crippen LogP contribution in [0.3, 0.4) is 0 Å². The summed E-state index contributed by atoms with van der Waals surface area (Å²) >= 11 is 0. The van der Waals surface area contributed by atoms with Gasteiger partial charge in [-0.1, -0.05) is 124 Å². The second-order valence-corrected chi connectivity index (χ2v) is 10.6. The lowest BCUT2D eigenvalue weighted by molar-refractivity contribution is -0.151. The zero-order valence-electron chi connectivity index (χ0n) is 25.4. The van der Waals surface area contributed by atoms with E-state index >= 15 is 0 Å². The molecule has 0 rings (SSSR count). The quantitative estimate of drug-likeness (QED) is 0.0668. The molecule has 0 spiro atoms. The minimum absolute atomic E-state index is 0.000191. The number of rotatable bonds is 30. The average molecular weight is 543 g/mol. The van der Waals surface area contributed by atoms with Crippen molar-refractivity contribution in [3.8, 4) is 0 Å². The number of hydrogen-bond donors (Lipinski definition) is 0. The number of carbonyl (C=O) groups is 2. The van der Waals surface area contributed by atoms with Crippen molar-refractivity contribution in [2.24, 2.45) is 5.92 Å². The van der Waals surface area contributed by atoms with Gasteiger partial charge in [-0.05, 0) is 19.3 Å². The molecule has 6 nitrogen and oxygen atoms in total. The minimum Gasteiger partial charge on any atom is -0.463 e. The third-order valence-electron chi connectivity index (χ3n) is 7.05. The third kappa shape index (κ3) is 26.5. The van der Waals surface area contributed by atoms with Crippen LogP contribution in [0.25, 0.3) is 0 Å². The summed E-state index contributed by atoms with van der Waals surface area (Å²) in [5, 5.41) is 0. The maximum atomic E-state index is 12.0. The fourth-order valence-electron chi connectivity index (χ4n) is 4.51. The topological polar surface area (TPSA) is 71.1 Å². The van der Waals surface area contributed by atoms with Gasteiger partial charge in [-0.15, -0.1) is 0 Å². The van der Waals surface area contributed by atoms with Gasteiger partial charge in [0.1, 0.15) is 13.2 Å². The van der Waals surface area contributed by atoms with Crippen molar-refractivity contribution >= 4 is 11.9 Å². The maximum absolute atomic E-state index is 12.0. The third-order valence-corrected chi connectivity index (χ3v) is 7.05. The van der Waals surface area contributed by atoms with Gasteiger partial charge < -0.3 is 18.9 Å². The Bertz CT molecular complexity index is 510. The molecule has 0 radical (unpaired) electrons. The summed E-state index contributed by atoms with van der Waals surface area (Å²) in [6.07, 6.45) is 24.1. The van der Waals surface area contributed by atoms with Crippen molar-refractivity contribution in [2.75, 3.05) is 39.6 Å². The highest BCUT2D eigenvalue weighted by Gasteiger charge is 2.16. The summed E-state index contributed by atoms with van der Waals surface area (Å²) in [6.45, 7) is 8.58. The summed E-state index contributed by atoms with van der Waals surface area (Å²) < 4.78 is 21.4. The van der Waals surface area contributed by atoms with E-state index in [1.807, 2.05) is 6.92 Å². The largest absolute Gasteiger partial charge is 0.463 e. The van der Waals surface area contributed by atoms with Crippen molar-refractivity contribution in [2.45, 2.75) is 149 Å². The molecule has 0 aliphatic carbocycles. The first-order valence-corrected chi connectivity index (χ1v) is 16.1. The molecule has 1 unspecified atom stereocenters. The molecule has 0 amide bonds.